The molecule has 47 heavy (non-hydrogen) atoms. The Labute approximate surface area is 294 Å². The summed E-state index contributed by atoms with van der Waals surface area (Å²) in [4.78, 5) is 23.5. The van der Waals surface area contributed by atoms with Crippen molar-refractivity contribution < 1.29 is 16.1 Å². The topological polar surface area (TPSA) is 54.4 Å². The van der Waals surface area contributed by atoms with Gasteiger partial charge in [0, 0.05) is 23.7 Å². The van der Waals surface area contributed by atoms with Gasteiger partial charge in [-0.15, -0.1) is 0 Å². The highest BCUT2D eigenvalue weighted by atomic mass is 16.3. The van der Waals surface area contributed by atoms with Crippen molar-refractivity contribution in [2.75, 3.05) is 0 Å². The molecule has 1 unspecified atom stereocenters. The van der Waals surface area contributed by atoms with Gasteiger partial charge < -0.3 is 5.11 Å². The van der Waals surface area contributed by atoms with Crippen LogP contribution in [0.4, 0.5) is 0 Å². The van der Waals surface area contributed by atoms with Gasteiger partial charge in [-0.1, -0.05) is 184 Å². The summed E-state index contributed by atoms with van der Waals surface area (Å²) in [5.74, 6) is 2.66. The predicted octanol–water partition coefficient (Wildman–Crippen LogP) is 13.3. The van der Waals surface area contributed by atoms with Gasteiger partial charge in [-0.3, -0.25) is 9.59 Å². The minimum Gasteiger partial charge on any atom is -0.392 e. The fourth-order valence-electron chi connectivity index (χ4n) is 7.41. The first-order chi connectivity index (χ1) is 21.6. The average Bonchev–Trinajstić information content (AvgIpc) is 3.00. The van der Waals surface area contributed by atoms with Crippen LogP contribution in [0.5, 0.6) is 0 Å². The van der Waals surface area contributed by atoms with Crippen molar-refractivity contribution in [2.45, 2.75) is 192 Å². The van der Waals surface area contributed by atoms with Gasteiger partial charge in [0.15, 0.2) is 5.78 Å². The van der Waals surface area contributed by atoms with Gasteiger partial charge in [-0.25, -0.2) is 0 Å². The molecule has 0 amide bonds. The number of carbonyl (C=O) groups excluding carboxylic acids is 2. The van der Waals surface area contributed by atoms with Crippen LogP contribution in [0.25, 0.3) is 0 Å². The number of aliphatic hydroxyl groups is 1. The van der Waals surface area contributed by atoms with Crippen LogP contribution >= 0.6 is 0 Å². The molecule has 0 radical (unpaired) electrons. The highest BCUT2D eigenvalue weighted by molar-refractivity contribution is 5.99. The number of carbonyl (C=O) groups is 2. The van der Waals surface area contributed by atoms with Crippen molar-refractivity contribution in [2.24, 2.45) is 39.4 Å². The first kappa shape index (κ1) is 43.5. The van der Waals surface area contributed by atoms with E-state index in [1.54, 1.807) is 0 Å². The highest BCUT2D eigenvalue weighted by Gasteiger charge is 2.31. The summed E-state index contributed by atoms with van der Waals surface area (Å²) < 4.78 is 0. The van der Waals surface area contributed by atoms with E-state index < -0.39 is 0 Å². The summed E-state index contributed by atoms with van der Waals surface area (Å²) in [5, 5.41) is 10.0. The molecule has 0 aliphatic heterocycles. The molecule has 1 N–H and O–H groups in total. The fourth-order valence-corrected chi connectivity index (χ4v) is 7.41. The Morgan fingerprint density at radius 2 is 1.06 bits per heavy atom. The molecule has 3 aliphatic carbocycles. The van der Waals surface area contributed by atoms with Gasteiger partial charge in [0.1, 0.15) is 5.78 Å². The maximum atomic E-state index is 11.8. The van der Waals surface area contributed by atoms with E-state index in [4.69, 9.17) is 0 Å². The average molecular weight is 657 g/mol. The van der Waals surface area contributed by atoms with Crippen molar-refractivity contribution in [1.82, 2.24) is 0 Å². The number of rotatable bonds is 4. The molecule has 274 valence electrons. The molecule has 1 aromatic rings. The molecule has 0 aromatic heterocycles. The molecule has 3 heteroatoms. The van der Waals surface area contributed by atoms with Gasteiger partial charge in [0.2, 0.25) is 0 Å². The quantitative estimate of drug-likeness (QED) is 0.328. The Balaban J connectivity index is 0.000000610. The molecule has 0 bridgehead atoms. The van der Waals surface area contributed by atoms with E-state index in [9.17, 15) is 14.7 Å². The zero-order chi connectivity index (χ0) is 35.9. The third-order valence-electron chi connectivity index (χ3n) is 10.0. The number of ketones is 2. The first-order valence-corrected chi connectivity index (χ1v) is 19.4. The number of hydrogen-bond acceptors (Lipinski definition) is 3. The summed E-state index contributed by atoms with van der Waals surface area (Å²) in [6.07, 6.45) is 21.4. The van der Waals surface area contributed by atoms with Gasteiger partial charge in [-0.05, 0) is 54.8 Å². The number of aliphatic hydroxyl groups excluding tert-OH is 1. The summed E-state index contributed by atoms with van der Waals surface area (Å²) in [6.45, 7) is 25.4. The van der Waals surface area contributed by atoms with Crippen LogP contribution in [-0.4, -0.2) is 22.8 Å². The molecule has 0 saturated heterocycles. The number of Topliss-reactive ketones (excluding diaryl/α,β-unsaturated/α-hetero) is 2. The van der Waals surface area contributed by atoms with Gasteiger partial charge in [-0.2, -0.15) is 0 Å². The lowest BCUT2D eigenvalue weighted by Gasteiger charge is -2.35. The summed E-state index contributed by atoms with van der Waals surface area (Å²) in [5.41, 5.74) is 1.03. The number of hydrogen-bond donors (Lipinski definition) is 1. The molecular weight excluding hydrogens is 576 g/mol. The van der Waals surface area contributed by atoms with Gasteiger partial charge in [0.25, 0.3) is 0 Å². The minimum absolute atomic E-state index is 0. The Kier molecular flexibility index (Phi) is 18.8. The fraction of sp³-hybridized carbons (Fsp3) is 0.818. The van der Waals surface area contributed by atoms with Crippen molar-refractivity contribution >= 4 is 11.6 Å². The smallest absolute Gasteiger partial charge is 0.168 e. The molecule has 1 atom stereocenters. The summed E-state index contributed by atoms with van der Waals surface area (Å²) >= 11 is 0. The van der Waals surface area contributed by atoms with Gasteiger partial charge >= 0.3 is 0 Å². The molecular formula is C44H80O3. The van der Waals surface area contributed by atoms with E-state index in [1.165, 1.54) is 89.9 Å². The second-order valence-corrected chi connectivity index (χ2v) is 19.4. The molecule has 0 spiro atoms. The normalized spacial score (nSPS) is 19.5. The van der Waals surface area contributed by atoms with Crippen molar-refractivity contribution in [3.63, 3.8) is 0 Å². The molecule has 3 saturated carbocycles. The largest absolute Gasteiger partial charge is 0.392 e. The monoisotopic (exact) mass is 657 g/mol. The van der Waals surface area contributed by atoms with E-state index >= 15 is 0 Å². The third kappa shape index (κ3) is 18.7. The maximum Gasteiger partial charge on any atom is 0.168 e. The minimum atomic E-state index is -0.276. The van der Waals surface area contributed by atoms with Crippen LogP contribution in [0.15, 0.2) is 30.3 Å². The molecule has 3 aliphatic rings. The predicted molar refractivity (Wildman–Crippen MR) is 206 cm³/mol. The zero-order valence-corrected chi connectivity index (χ0v) is 33.3. The second kappa shape index (κ2) is 20.3. The van der Waals surface area contributed by atoms with Crippen LogP contribution < -0.4 is 0 Å². The Morgan fingerprint density at radius 3 is 1.45 bits per heavy atom. The van der Waals surface area contributed by atoms with Crippen molar-refractivity contribution in [3.8, 4) is 0 Å². The van der Waals surface area contributed by atoms with Crippen LogP contribution in [0.3, 0.4) is 0 Å². The van der Waals surface area contributed by atoms with Crippen molar-refractivity contribution in [1.29, 1.82) is 0 Å². The standard InChI is InChI=1S/C11H22O.C11H20O.C11H14O.C11H22.H2/c3*1-11(2,3)10(12)9-7-5-4-6-8-9;1-11(2,3)9-10-7-5-4-6-8-10;/h9-10,12H,4-8H2,1-3H3;9H,4-8H2,1-3H3;4-8H,1-3H3;10H,4-9H2,1-3H3;1H. The Hall–Kier alpha value is -1.48. The Bertz CT molecular complexity index is 985. The lowest BCUT2D eigenvalue weighted by molar-refractivity contribution is -0.131. The van der Waals surface area contributed by atoms with E-state index in [0.717, 1.165) is 24.3 Å². The number of benzene rings is 1. The van der Waals surface area contributed by atoms with E-state index in [2.05, 4.69) is 41.5 Å². The zero-order valence-electron chi connectivity index (χ0n) is 33.3. The van der Waals surface area contributed by atoms with Crippen LogP contribution in [-0.2, 0) is 4.79 Å². The maximum absolute atomic E-state index is 11.8. The van der Waals surface area contributed by atoms with Gasteiger partial charge in [0.05, 0.1) is 6.10 Å². The lowest BCUT2D eigenvalue weighted by Crippen LogP contribution is -2.34. The lowest BCUT2D eigenvalue weighted by atomic mass is 9.75. The molecule has 1 aromatic carbocycles. The molecule has 3 nitrogen and oxygen atoms in total. The van der Waals surface area contributed by atoms with Crippen LogP contribution in [0.1, 0.15) is 198 Å². The highest BCUT2D eigenvalue weighted by Crippen LogP contribution is 2.35. The van der Waals surface area contributed by atoms with E-state index in [-0.39, 0.29) is 29.6 Å². The summed E-state index contributed by atoms with van der Waals surface area (Å²) in [7, 11) is 0. The first-order valence-electron chi connectivity index (χ1n) is 19.4. The summed E-state index contributed by atoms with van der Waals surface area (Å²) in [6, 6.07) is 9.40. The molecule has 0 heterocycles. The van der Waals surface area contributed by atoms with E-state index in [1.807, 2.05) is 71.9 Å². The van der Waals surface area contributed by atoms with E-state index in [0.29, 0.717) is 23.0 Å². The third-order valence-corrected chi connectivity index (χ3v) is 10.0. The molecule has 3 fully saturated rings. The molecule has 4 rings (SSSR count). The Morgan fingerprint density at radius 1 is 0.638 bits per heavy atom. The van der Waals surface area contributed by atoms with Crippen molar-refractivity contribution in [3.05, 3.63) is 35.9 Å². The second-order valence-electron chi connectivity index (χ2n) is 19.4. The SMILES string of the molecule is CC(C)(C)C(=O)C1CCCCC1.CC(C)(C)C(=O)c1ccccc1.CC(C)(C)C(O)C1CCCCC1.CC(C)(C)CC1CCCCC1.[HH]. The van der Waals surface area contributed by atoms with Crippen LogP contribution in [0.2, 0.25) is 0 Å². The van der Waals surface area contributed by atoms with Crippen LogP contribution in [0, 0.1) is 39.4 Å².